The van der Waals surface area contributed by atoms with Crippen LogP contribution >= 0.6 is 23.5 Å². The molecule has 0 aliphatic carbocycles. The lowest BCUT2D eigenvalue weighted by molar-refractivity contribution is -0.113. The third-order valence-corrected chi connectivity index (χ3v) is 5.86. The zero-order chi connectivity index (χ0) is 19.1. The first-order valence-corrected chi connectivity index (χ1v) is 10.7. The molecule has 27 heavy (non-hydrogen) atoms. The van der Waals surface area contributed by atoms with Crippen LogP contribution in [0.5, 0.6) is 0 Å². The third-order valence-electron chi connectivity index (χ3n) is 3.89. The van der Waals surface area contributed by atoms with Crippen molar-refractivity contribution in [2.24, 2.45) is 0 Å². The van der Waals surface area contributed by atoms with E-state index in [2.05, 4.69) is 58.2 Å². The highest BCUT2D eigenvalue weighted by molar-refractivity contribution is 7.99. The molecular weight excluding hydrogens is 376 g/mol. The maximum atomic E-state index is 12.1. The average Bonchev–Trinajstić information content (AvgIpc) is 3.08. The summed E-state index contributed by atoms with van der Waals surface area (Å²) in [5, 5.41) is 12.3. The van der Waals surface area contributed by atoms with Crippen molar-refractivity contribution in [3.05, 3.63) is 66.0 Å². The quantitative estimate of drug-likeness (QED) is 0.561. The monoisotopic (exact) mass is 398 g/mol. The van der Waals surface area contributed by atoms with Gasteiger partial charge >= 0.3 is 0 Å². The Morgan fingerprint density at radius 3 is 2.48 bits per heavy atom. The third kappa shape index (κ3) is 5.61. The van der Waals surface area contributed by atoms with Crippen molar-refractivity contribution in [2.45, 2.75) is 36.2 Å². The van der Waals surface area contributed by atoms with Gasteiger partial charge in [-0.3, -0.25) is 4.79 Å². The van der Waals surface area contributed by atoms with Crippen molar-refractivity contribution in [2.75, 3.05) is 11.1 Å². The molecule has 3 rings (SSSR count). The number of benzene rings is 2. The summed E-state index contributed by atoms with van der Waals surface area (Å²) in [6.45, 7) is 4.93. The molecule has 0 spiro atoms. The number of hydrogen-bond donors (Lipinski definition) is 1. The zero-order valence-corrected chi connectivity index (χ0v) is 17.0. The van der Waals surface area contributed by atoms with Crippen LogP contribution in [-0.2, 0) is 17.1 Å². The van der Waals surface area contributed by atoms with Crippen molar-refractivity contribution in [1.82, 2.24) is 14.8 Å². The van der Waals surface area contributed by atoms with Gasteiger partial charge in [0, 0.05) is 17.1 Å². The largest absolute Gasteiger partial charge is 0.325 e. The second-order valence-corrected chi connectivity index (χ2v) is 7.94. The number of hydrogen-bond acceptors (Lipinski definition) is 5. The maximum absolute atomic E-state index is 12.1. The molecule has 0 aliphatic rings. The molecule has 0 atom stereocenters. The second kappa shape index (κ2) is 9.62. The molecule has 0 radical (unpaired) electrons. The van der Waals surface area contributed by atoms with E-state index in [-0.39, 0.29) is 5.91 Å². The van der Waals surface area contributed by atoms with Crippen LogP contribution < -0.4 is 5.32 Å². The number of carbonyl (C=O) groups is 1. The molecule has 1 heterocycles. The van der Waals surface area contributed by atoms with Gasteiger partial charge < -0.3 is 9.88 Å². The molecule has 2 aromatic carbocycles. The van der Waals surface area contributed by atoms with Crippen molar-refractivity contribution >= 4 is 35.1 Å². The number of aromatic nitrogens is 3. The molecule has 0 unspecified atom stereocenters. The van der Waals surface area contributed by atoms with Crippen molar-refractivity contribution < 1.29 is 4.79 Å². The highest BCUT2D eigenvalue weighted by Crippen LogP contribution is 2.25. The van der Waals surface area contributed by atoms with Crippen LogP contribution in [-0.4, -0.2) is 26.4 Å². The molecular formula is C20H22N4OS2. The van der Waals surface area contributed by atoms with Crippen LogP contribution in [0.4, 0.5) is 5.69 Å². The zero-order valence-electron chi connectivity index (χ0n) is 15.4. The number of carbonyl (C=O) groups excluding carboxylic acids is 1. The summed E-state index contributed by atoms with van der Waals surface area (Å²) in [5.74, 6) is 1.93. The Morgan fingerprint density at radius 2 is 1.78 bits per heavy atom. The molecule has 0 saturated carbocycles. The Balaban J connectivity index is 1.56. The normalized spacial score (nSPS) is 10.7. The molecule has 3 aromatic rings. The fraction of sp³-hybridized carbons (Fsp3) is 0.250. The van der Waals surface area contributed by atoms with Crippen LogP contribution in [0.25, 0.3) is 0 Å². The van der Waals surface area contributed by atoms with Crippen LogP contribution in [0.1, 0.15) is 18.3 Å². The van der Waals surface area contributed by atoms with E-state index in [0.29, 0.717) is 5.75 Å². The van der Waals surface area contributed by atoms with Gasteiger partial charge in [-0.1, -0.05) is 47.7 Å². The van der Waals surface area contributed by atoms with Crippen LogP contribution in [0, 0.1) is 6.92 Å². The molecule has 0 fully saturated rings. The minimum Gasteiger partial charge on any atom is -0.325 e. The van der Waals surface area contributed by atoms with Gasteiger partial charge in [0.25, 0.3) is 0 Å². The fourth-order valence-electron chi connectivity index (χ4n) is 2.48. The molecule has 1 aromatic heterocycles. The van der Waals surface area contributed by atoms with Crippen LogP contribution in [0.3, 0.4) is 0 Å². The lowest BCUT2D eigenvalue weighted by Gasteiger charge is -2.08. The van der Waals surface area contributed by atoms with Gasteiger partial charge in [0.1, 0.15) is 5.82 Å². The predicted molar refractivity (Wildman–Crippen MR) is 112 cm³/mol. The maximum Gasteiger partial charge on any atom is 0.234 e. The Kier molecular flexibility index (Phi) is 6.95. The summed E-state index contributed by atoms with van der Waals surface area (Å²) in [5.41, 5.74) is 2.05. The van der Waals surface area contributed by atoms with Gasteiger partial charge in [-0.2, -0.15) is 0 Å². The number of thioether (sulfide) groups is 2. The number of nitrogens with zero attached hydrogens (tertiary/aromatic N) is 3. The van der Waals surface area contributed by atoms with E-state index < -0.39 is 0 Å². The summed E-state index contributed by atoms with van der Waals surface area (Å²) in [6.07, 6.45) is 0. The lowest BCUT2D eigenvalue weighted by atomic mass is 10.2. The molecule has 5 nitrogen and oxygen atoms in total. The summed E-state index contributed by atoms with van der Waals surface area (Å²) >= 11 is 3.15. The molecule has 0 aliphatic heterocycles. The fourth-order valence-corrected chi connectivity index (χ4v) is 4.14. The van der Waals surface area contributed by atoms with Crippen LogP contribution in [0.2, 0.25) is 0 Å². The topological polar surface area (TPSA) is 59.8 Å². The SMILES string of the molecule is CCn1c(CSc2ccc(C)cc2)nnc1SCC(=O)Nc1ccccc1. The molecule has 0 saturated heterocycles. The summed E-state index contributed by atoms with van der Waals surface area (Å²) in [6, 6.07) is 17.9. The minimum atomic E-state index is -0.0487. The predicted octanol–water partition coefficient (Wildman–Crippen LogP) is 4.63. The molecule has 1 N–H and O–H groups in total. The molecule has 7 heteroatoms. The standard InChI is InChI=1S/C20H22N4OS2/c1-3-24-18(13-26-17-11-9-15(2)10-12-17)22-23-20(24)27-14-19(25)21-16-7-5-4-6-8-16/h4-12H,3,13-14H2,1-2H3,(H,21,25). The van der Waals surface area contributed by atoms with Gasteiger partial charge in [0.05, 0.1) is 11.5 Å². The van der Waals surface area contributed by atoms with E-state index in [1.54, 1.807) is 11.8 Å². The highest BCUT2D eigenvalue weighted by atomic mass is 32.2. The van der Waals surface area contributed by atoms with Crippen molar-refractivity contribution in [3.63, 3.8) is 0 Å². The second-order valence-electron chi connectivity index (χ2n) is 5.95. The Bertz CT molecular complexity index is 879. The Morgan fingerprint density at radius 1 is 1.04 bits per heavy atom. The smallest absolute Gasteiger partial charge is 0.234 e. The summed E-state index contributed by atoms with van der Waals surface area (Å²) in [7, 11) is 0. The van der Waals surface area contributed by atoms with E-state index in [9.17, 15) is 4.79 Å². The van der Waals surface area contributed by atoms with E-state index in [0.717, 1.165) is 29.0 Å². The van der Waals surface area contributed by atoms with Gasteiger partial charge in [-0.05, 0) is 38.1 Å². The number of rotatable bonds is 8. The Labute approximate surface area is 168 Å². The number of nitrogens with one attached hydrogen (secondary N) is 1. The van der Waals surface area contributed by atoms with E-state index in [4.69, 9.17) is 0 Å². The van der Waals surface area contributed by atoms with E-state index in [1.807, 2.05) is 30.3 Å². The highest BCUT2D eigenvalue weighted by Gasteiger charge is 2.13. The lowest BCUT2D eigenvalue weighted by Crippen LogP contribution is -2.14. The van der Waals surface area contributed by atoms with E-state index in [1.165, 1.54) is 22.2 Å². The minimum absolute atomic E-state index is 0.0487. The van der Waals surface area contributed by atoms with Crippen molar-refractivity contribution in [3.8, 4) is 0 Å². The van der Waals surface area contributed by atoms with Gasteiger partial charge in [-0.25, -0.2) is 0 Å². The number of amides is 1. The molecule has 1 amide bonds. The van der Waals surface area contributed by atoms with Gasteiger partial charge in [-0.15, -0.1) is 22.0 Å². The van der Waals surface area contributed by atoms with Gasteiger partial charge in [0.15, 0.2) is 5.16 Å². The van der Waals surface area contributed by atoms with E-state index >= 15 is 0 Å². The number of para-hydroxylation sites is 1. The summed E-state index contributed by atoms with van der Waals surface area (Å²) < 4.78 is 2.07. The summed E-state index contributed by atoms with van der Waals surface area (Å²) in [4.78, 5) is 13.3. The number of aryl methyl sites for hydroxylation is 1. The Hall–Kier alpha value is -2.25. The number of anilines is 1. The van der Waals surface area contributed by atoms with Crippen molar-refractivity contribution in [1.29, 1.82) is 0 Å². The average molecular weight is 399 g/mol. The first-order chi connectivity index (χ1) is 13.2. The first kappa shape index (κ1) is 19.5. The molecule has 140 valence electrons. The van der Waals surface area contributed by atoms with Gasteiger partial charge in [0.2, 0.25) is 5.91 Å². The van der Waals surface area contributed by atoms with Crippen LogP contribution in [0.15, 0.2) is 64.6 Å². The molecule has 0 bridgehead atoms. The first-order valence-electron chi connectivity index (χ1n) is 8.75.